The van der Waals surface area contributed by atoms with E-state index in [2.05, 4.69) is 38.3 Å². The van der Waals surface area contributed by atoms with Crippen molar-refractivity contribution in [2.75, 3.05) is 19.0 Å². The van der Waals surface area contributed by atoms with E-state index in [0.29, 0.717) is 46.4 Å². The van der Waals surface area contributed by atoms with Crippen LogP contribution in [0.15, 0.2) is 64.5 Å². The number of hydrogen-bond donors (Lipinski definition) is 1. The molecule has 2 aromatic carbocycles. The van der Waals surface area contributed by atoms with E-state index in [1.807, 2.05) is 49.4 Å². The largest absolute Gasteiger partial charge is 0.493 e. The molecule has 0 spiro atoms. The van der Waals surface area contributed by atoms with Gasteiger partial charge in [-0.2, -0.15) is 10.1 Å². The lowest BCUT2D eigenvalue weighted by atomic mass is 9.95. The summed E-state index contributed by atoms with van der Waals surface area (Å²) in [6.45, 7) is 4.65. The first kappa shape index (κ1) is 23.8. The molecule has 9 heteroatoms. The Hall–Kier alpha value is -3.33. The minimum Gasteiger partial charge on any atom is -0.493 e. The van der Waals surface area contributed by atoms with Gasteiger partial charge in [0.25, 0.3) is 0 Å². The van der Waals surface area contributed by atoms with Gasteiger partial charge in [-0.3, -0.25) is 0 Å². The molecule has 34 heavy (non-hydrogen) atoms. The highest BCUT2D eigenvalue weighted by Crippen LogP contribution is 2.43. The molecule has 0 amide bonds. The first-order valence-electron chi connectivity index (χ1n) is 11.1. The van der Waals surface area contributed by atoms with Crippen LogP contribution in [0.2, 0.25) is 0 Å². The molecule has 1 atom stereocenters. The molecular weight excluding hydrogens is 500 g/mol. The van der Waals surface area contributed by atoms with Crippen molar-refractivity contribution in [3.8, 4) is 11.5 Å². The number of fused-ring (bicyclic) bond motifs is 1. The van der Waals surface area contributed by atoms with Crippen molar-refractivity contribution >= 4 is 27.8 Å². The molecule has 0 saturated carbocycles. The van der Waals surface area contributed by atoms with Crippen molar-refractivity contribution in [3.63, 3.8) is 0 Å². The second-order valence-corrected chi connectivity index (χ2v) is 8.75. The van der Waals surface area contributed by atoms with Crippen LogP contribution < -0.4 is 14.8 Å². The third kappa shape index (κ3) is 4.94. The van der Waals surface area contributed by atoms with E-state index in [-0.39, 0.29) is 5.97 Å². The highest BCUT2D eigenvalue weighted by atomic mass is 79.9. The Kier molecular flexibility index (Phi) is 7.52. The van der Waals surface area contributed by atoms with Crippen molar-refractivity contribution in [1.29, 1.82) is 0 Å². The van der Waals surface area contributed by atoms with Crippen molar-refractivity contribution in [3.05, 3.63) is 75.7 Å². The second-order valence-electron chi connectivity index (χ2n) is 7.89. The van der Waals surface area contributed by atoms with Crippen LogP contribution in [0.5, 0.6) is 11.5 Å². The number of allylic oxidation sites excluding steroid dienone is 1. The van der Waals surface area contributed by atoms with Gasteiger partial charge >= 0.3 is 5.97 Å². The summed E-state index contributed by atoms with van der Waals surface area (Å²) in [4.78, 5) is 17.4. The molecule has 178 valence electrons. The normalized spacial score (nSPS) is 14.9. The van der Waals surface area contributed by atoms with Gasteiger partial charge in [0.05, 0.1) is 23.8 Å². The van der Waals surface area contributed by atoms with E-state index in [1.54, 1.807) is 11.8 Å². The van der Waals surface area contributed by atoms with Gasteiger partial charge in [0.2, 0.25) is 5.95 Å². The van der Waals surface area contributed by atoms with E-state index < -0.39 is 6.04 Å². The maximum absolute atomic E-state index is 13.1. The van der Waals surface area contributed by atoms with Crippen LogP contribution in [-0.2, 0) is 16.1 Å². The molecule has 1 aliphatic heterocycles. The summed E-state index contributed by atoms with van der Waals surface area (Å²) in [6.07, 6.45) is 3.20. The number of hydrogen-bond acceptors (Lipinski definition) is 7. The average molecular weight is 527 g/mol. The van der Waals surface area contributed by atoms with Gasteiger partial charge in [-0.25, -0.2) is 9.48 Å². The molecular formula is C25H27BrN4O4. The minimum atomic E-state index is -0.541. The lowest BCUT2D eigenvalue weighted by molar-refractivity contribution is -0.139. The molecule has 0 radical (unpaired) electrons. The fraction of sp³-hybridized carbons (Fsp3) is 0.320. The summed E-state index contributed by atoms with van der Waals surface area (Å²) >= 11 is 3.63. The third-order valence-electron chi connectivity index (χ3n) is 5.54. The molecule has 2 heterocycles. The first-order valence-corrected chi connectivity index (χ1v) is 11.9. The SMILES string of the molecule is CCCCOC(=O)C1=C(C)Nc2ncnn2C1c1cc(Br)c(OCc2ccccc2)c(OC)c1. The number of nitrogens with zero attached hydrogens (tertiary/aromatic N) is 3. The van der Waals surface area contributed by atoms with Crippen LogP contribution >= 0.6 is 15.9 Å². The van der Waals surface area contributed by atoms with Crippen LogP contribution in [0.1, 0.15) is 43.9 Å². The monoisotopic (exact) mass is 526 g/mol. The number of methoxy groups -OCH3 is 1. The smallest absolute Gasteiger partial charge is 0.338 e. The number of anilines is 1. The van der Waals surface area contributed by atoms with Crippen molar-refractivity contribution in [1.82, 2.24) is 14.8 Å². The van der Waals surface area contributed by atoms with Crippen LogP contribution in [0.4, 0.5) is 5.95 Å². The van der Waals surface area contributed by atoms with Gasteiger partial charge < -0.3 is 19.5 Å². The number of nitrogens with one attached hydrogen (secondary N) is 1. The maximum Gasteiger partial charge on any atom is 0.338 e. The zero-order valence-electron chi connectivity index (χ0n) is 19.4. The number of esters is 1. The zero-order valence-corrected chi connectivity index (χ0v) is 21.0. The van der Waals surface area contributed by atoms with Crippen LogP contribution in [0.3, 0.4) is 0 Å². The maximum atomic E-state index is 13.1. The molecule has 1 aromatic heterocycles. The number of carbonyl (C=O) groups excluding carboxylic acids is 1. The highest BCUT2D eigenvalue weighted by molar-refractivity contribution is 9.10. The summed E-state index contributed by atoms with van der Waals surface area (Å²) < 4.78 is 19.7. The fourth-order valence-corrected chi connectivity index (χ4v) is 4.39. The highest BCUT2D eigenvalue weighted by Gasteiger charge is 2.35. The van der Waals surface area contributed by atoms with Gasteiger partial charge in [-0.05, 0) is 52.5 Å². The van der Waals surface area contributed by atoms with Crippen LogP contribution in [-0.4, -0.2) is 34.5 Å². The predicted molar refractivity (Wildman–Crippen MR) is 132 cm³/mol. The molecule has 4 rings (SSSR count). The molecule has 0 bridgehead atoms. The number of halogens is 1. The molecule has 1 N–H and O–H groups in total. The first-order chi connectivity index (χ1) is 16.5. The fourth-order valence-electron chi connectivity index (χ4n) is 3.82. The molecule has 0 aliphatic carbocycles. The van der Waals surface area contributed by atoms with E-state index >= 15 is 0 Å². The quantitative estimate of drug-likeness (QED) is 0.300. The number of ether oxygens (including phenoxy) is 3. The van der Waals surface area contributed by atoms with Gasteiger partial charge in [0.1, 0.15) is 19.0 Å². The zero-order chi connectivity index (χ0) is 24.1. The van der Waals surface area contributed by atoms with E-state index in [4.69, 9.17) is 14.2 Å². The van der Waals surface area contributed by atoms with Gasteiger partial charge in [-0.1, -0.05) is 43.7 Å². The second kappa shape index (κ2) is 10.7. The van der Waals surface area contributed by atoms with Gasteiger partial charge in [-0.15, -0.1) is 0 Å². The molecule has 8 nitrogen and oxygen atoms in total. The predicted octanol–water partition coefficient (Wildman–Crippen LogP) is 5.26. The number of carbonyl (C=O) groups is 1. The van der Waals surface area contributed by atoms with Crippen LogP contribution in [0.25, 0.3) is 0 Å². The van der Waals surface area contributed by atoms with Crippen molar-refractivity contribution in [2.24, 2.45) is 0 Å². The average Bonchev–Trinajstić information content (AvgIpc) is 3.30. The Morgan fingerprint density at radius 2 is 2.03 bits per heavy atom. The van der Waals surface area contributed by atoms with E-state index in [0.717, 1.165) is 24.0 Å². The molecule has 1 unspecified atom stereocenters. The summed E-state index contributed by atoms with van der Waals surface area (Å²) in [6, 6.07) is 13.1. The number of aromatic nitrogens is 3. The van der Waals surface area contributed by atoms with Crippen LogP contribution in [0, 0.1) is 0 Å². The Morgan fingerprint density at radius 3 is 2.76 bits per heavy atom. The Morgan fingerprint density at radius 1 is 1.24 bits per heavy atom. The van der Waals surface area contributed by atoms with Crippen molar-refractivity contribution in [2.45, 2.75) is 39.3 Å². The van der Waals surface area contributed by atoms with E-state index in [9.17, 15) is 4.79 Å². The number of rotatable bonds is 9. The molecule has 1 aliphatic rings. The number of benzene rings is 2. The van der Waals surface area contributed by atoms with Gasteiger partial charge in [0.15, 0.2) is 11.5 Å². The summed E-state index contributed by atoms with van der Waals surface area (Å²) in [7, 11) is 1.59. The lowest BCUT2D eigenvalue weighted by Gasteiger charge is -2.29. The summed E-state index contributed by atoms with van der Waals surface area (Å²) in [5.74, 6) is 1.28. The number of unbranched alkanes of at least 4 members (excludes halogenated alkanes) is 1. The third-order valence-corrected chi connectivity index (χ3v) is 6.13. The minimum absolute atomic E-state index is 0.363. The van der Waals surface area contributed by atoms with E-state index in [1.165, 1.54) is 6.33 Å². The molecule has 3 aromatic rings. The molecule has 0 fully saturated rings. The Bertz CT molecular complexity index is 1190. The van der Waals surface area contributed by atoms with Gasteiger partial charge in [0, 0.05) is 5.70 Å². The summed E-state index contributed by atoms with van der Waals surface area (Å²) in [5, 5.41) is 7.53. The topological polar surface area (TPSA) is 87.5 Å². The molecule has 0 saturated heterocycles. The Labute approximate surface area is 207 Å². The lowest BCUT2D eigenvalue weighted by Crippen LogP contribution is -2.30. The Balaban J connectivity index is 1.70. The standard InChI is InChI=1S/C25H27BrN4O4/c1-4-5-11-33-24(31)21-16(2)29-25-27-15-28-30(25)22(21)18-12-19(26)23(20(13-18)32-3)34-14-17-9-7-6-8-10-17/h6-10,12-13,15,22H,4-5,11,14H2,1-3H3,(H,27,28,29). The van der Waals surface area contributed by atoms with Crippen molar-refractivity contribution < 1.29 is 19.0 Å². The summed E-state index contributed by atoms with van der Waals surface area (Å²) in [5.41, 5.74) is 2.97.